The van der Waals surface area contributed by atoms with E-state index < -0.39 is 0 Å². The number of hydrogen-bond acceptors (Lipinski definition) is 5. The Bertz CT molecular complexity index is 433. The highest BCUT2D eigenvalue weighted by Crippen LogP contribution is 2.21. The molecule has 0 aliphatic heterocycles. The van der Waals surface area contributed by atoms with Crippen LogP contribution in [0.15, 0.2) is 12.1 Å². The quantitative estimate of drug-likeness (QED) is 0.874. The molecule has 1 aromatic rings. The fourth-order valence-electron chi connectivity index (χ4n) is 2.15. The molecule has 1 aliphatic rings. The van der Waals surface area contributed by atoms with Crippen molar-refractivity contribution in [2.45, 2.75) is 37.8 Å². The molecule has 19 heavy (non-hydrogen) atoms. The fraction of sp³-hybridized carbons (Fsp3) is 0.615. The molecular formula is C13H20N4O2. The number of aromatic nitrogens is 2. The Hall–Kier alpha value is -1.69. The Labute approximate surface area is 112 Å². The molecule has 0 saturated heterocycles. The number of hydrogen-bond donors (Lipinski definition) is 1. The van der Waals surface area contributed by atoms with Crippen LogP contribution in [0.3, 0.4) is 0 Å². The summed E-state index contributed by atoms with van der Waals surface area (Å²) in [6.45, 7) is 0. The van der Waals surface area contributed by atoms with Crippen LogP contribution < -0.4 is 10.5 Å². The molecular weight excluding hydrogens is 244 g/mol. The van der Waals surface area contributed by atoms with Gasteiger partial charge < -0.3 is 15.4 Å². The van der Waals surface area contributed by atoms with Crippen LogP contribution in [0.2, 0.25) is 0 Å². The molecule has 2 rings (SSSR count). The molecule has 2 unspecified atom stereocenters. The predicted molar refractivity (Wildman–Crippen MR) is 70.9 cm³/mol. The van der Waals surface area contributed by atoms with Crippen molar-refractivity contribution in [2.24, 2.45) is 5.73 Å². The minimum Gasteiger partial charge on any atom is -0.472 e. The molecule has 0 spiro atoms. The second kappa shape index (κ2) is 5.97. The predicted octanol–water partition coefficient (Wildman–Crippen LogP) is 0.827. The Balaban J connectivity index is 2.00. The van der Waals surface area contributed by atoms with Crippen LogP contribution in [-0.2, 0) is 0 Å². The maximum absolute atomic E-state index is 11.7. The monoisotopic (exact) mass is 264 g/mol. The summed E-state index contributed by atoms with van der Waals surface area (Å²) >= 11 is 0. The molecule has 1 aliphatic carbocycles. The molecule has 6 heteroatoms. The van der Waals surface area contributed by atoms with Gasteiger partial charge in [0.1, 0.15) is 6.10 Å². The molecule has 0 radical (unpaired) electrons. The number of amides is 1. The Kier molecular flexibility index (Phi) is 4.31. The van der Waals surface area contributed by atoms with E-state index in [2.05, 4.69) is 10.2 Å². The van der Waals surface area contributed by atoms with Gasteiger partial charge in [-0.05, 0) is 25.3 Å². The first-order chi connectivity index (χ1) is 9.08. The Morgan fingerprint density at radius 3 is 2.63 bits per heavy atom. The van der Waals surface area contributed by atoms with Crippen LogP contribution in [-0.4, -0.2) is 47.2 Å². The first kappa shape index (κ1) is 13.7. The van der Waals surface area contributed by atoms with E-state index in [0.29, 0.717) is 11.6 Å². The zero-order valence-corrected chi connectivity index (χ0v) is 11.4. The zero-order chi connectivity index (χ0) is 13.8. The van der Waals surface area contributed by atoms with E-state index >= 15 is 0 Å². The molecule has 2 atom stereocenters. The van der Waals surface area contributed by atoms with Gasteiger partial charge in [-0.15, -0.1) is 10.2 Å². The number of ether oxygens (including phenoxy) is 1. The van der Waals surface area contributed by atoms with Crippen molar-refractivity contribution in [1.29, 1.82) is 0 Å². The highest BCUT2D eigenvalue weighted by molar-refractivity contribution is 5.91. The van der Waals surface area contributed by atoms with Gasteiger partial charge >= 0.3 is 0 Å². The highest BCUT2D eigenvalue weighted by atomic mass is 16.5. The zero-order valence-electron chi connectivity index (χ0n) is 11.4. The average Bonchev–Trinajstić information content (AvgIpc) is 2.41. The van der Waals surface area contributed by atoms with Gasteiger partial charge in [0.05, 0.1) is 0 Å². The van der Waals surface area contributed by atoms with Crippen molar-refractivity contribution in [3.05, 3.63) is 17.8 Å². The fourth-order valence-corrected chi connectivity index (χ4v) is 2.15. The molecule has 0 bridgehead atoms. The lowest BCUT2D eigenvalue weighted by Gasteiger charge is -2.28. The van der Waals surface area contributed by atoms with Gasteiger partial charge in [0.15, 0.2) is 5.69 Å². The van der Waals surface area contributed by atoms with Gasteiger partial charge in [0.25, 0.3) is 5.91 Å². The van der Waals surface area contributed by atoms with Gasteiger partial charge in [-0.3, -0.25) is 4.79 Å². The summed E-state index contributed by atoms with van der Waals surface area (Å²) in [5.41, 5.74) is 6.32. The van der Waals surface area contributed by atoms with E-state index in [1.807, 2.05) is 0 Å². The molecule has 1 aromatic heterocycles. The summed E-state index contributed by atoms with van der Waals surface area (Å²) in [6.07, 6.45) is 4.21. The van der Waals surface area contributed by atoms with Gasteiger partial charge in [0, 0.05) is 26.2 Å². The third-order valence-corrected chi connectivity index (χ3v) is 3.29. The van der Waals surface area contributed by atoms with Crippen LogP contribution in [0.5, 0.6) is 5.88 Å². The van der Waals surface area contributed by atoms with E-state index in [-0.39, 0.29) is 18.1 Å². The van der Waals surface area contributed by atoms with Crippen LogP contribution in [0.1, 0.15) is 36.2 Å². The number of carbonyl (C=O) groups is 1. The van der Waals surface area contributed by atoms with Gasteiger partial charge in [-0.1, -0.05) is 6.42 Å². The van der Waals surface area contributed by atoms with E-state index in [1.165, 1.54) is 4.90 Å². The first-order valence-electron chi connectivity index (χ1n) is 6.55. The van der Waals surface area contributed by atoms with E-state index in [4.69, 9.17) is 10.5 Å². The van der Waals surface area contributed by atoms with Crippen molar-refractivity contribution in [1.82, 2.24) is 15.1 Å². The third kappa shape index (κ3) is 3.41. The van der Waals surface area contributed by atoms with Crippen molar-refractivity contribution in [3.63, 3.8) is 0 Å². The maximum atomic E-state index is 11.7. The summed E-state index contributed by atoms with van der Waals surface area (Å²) in [4.78, 5) is 13.1. The third-order valence-electron chi connectivity index (χ3n) is 3.29. The summed E-state index contributed by atoms with van der Waals surface area (Å²) < 4.78 is 5.74. The molecule has 104 valence electrons. The summed E-state index contributed by atoms with van der Waals surface area (Å²) in [5, 5.41) is 7.82. The van der Waals surface area contributed by atoms with Gasteiger partial charge in [0.2, 0.25) is 5.88 Å². The van der Waals surface area contributed by atoms with Crippen LogP contribution in [0.4, 0.5) is 0 Å². The standard InChI is InChI=1S/C13H20N4O2/c1-17(2)13(18)10-7-8-12(16-15-10)19-11-6-4-3-5-9(11)14/h7-9,11H,3-6,14H2,1-2H3. The first-order valence-corrected chi connectivity index (χ1v) is 6.55. The second-order valence-electron chi connectivity index (χ2n) is 5.06. The normalized spacial score (nSPS) is 22.9. The van der Waals surface area contributed by atoms with Crippen molar-refractivity contribution in [2.75, 3.05) is 14.1 Å². The Morgan fingerprint density at radius 1 is 1.32 bits per heavy atom. The van der Waals surface area contributed by atoms with Crippen molar-refractivity contribution >= 4 is 5.91 Å². The smallest absolute Gasteiger partial charge is 0.273 e. The molecule has 1 saturated carbocycles. The van der Waals surface area contributed by atoms with Crippen molar-refractivity contribution < 1.29 is 9.53 Å². The van der Waals surface area contributed by atoms with Gasteiger partial charge in [-0.25, -0.2) is 0 Å². The van der Waals surface area contributed by atoms with E-state index in [9.17, 15) is 4.79 Å². The summed E-state index contributed by atoms with van der Waals surface area (Å²) in [5.74, 6) is 0.256. The number of carbonyl (C=O) groups excluding carboxylic acids is 1. The lowest BCUT2D eigenvalue weighted by molar-refractivity contribution is 0.0819. The van der Waals surface area contributed by atoms with Crippen LogP contribution >= 0.6 is 0 Å². The largest absolute Gasteiger partial charge is 0.472 e. The van der Waals surface area contributed by atoms with Crippen LogP contribution in [0.25, 0.3) is 0 Å². The lowest BCUT2D eigenvalue weighted by Crippen LogP contribution is -2.41. The summed E-state index contributed by atoms with van der Waals surface area (Å²) in [7, 11) is 3.35. The number of nitrogens with zero attached hydrogens (tertiary/aromatic N) is 3. The number of rotatable bonds is 3. The summed E-state index contributed by atoms with van der Waals surface area (Å²) in [6, 6.07) is 3.35. The van der Waals surface area contributed by atoms with Crippen molar-refractivity contribution in [3.8, 4) is 5.88 Å². The Morgan fingerprint density at radius 2 is 2.05 bits per heavy atom. The maximum Gasteiger partial charge on any atom is 0.273 e. The molecule has 1 fully saturated rings. The average molecular weight is 264 g/mol. The molecule has 1 amide bonds. The van der Waals surface area contributed by atoms with Crippen LogP contribution in [0, 0.1) is 0 Å². The highest BCUT2D eigenvalue weighted by Gasteiger charge is 2.24. The number of nitrogens with two attached hydrogens (primary N) is 1. The molecule has 6 nitrogen and oxygen atoms in total. The van der Waals surface area contributed by atoms with Gasteiger partial charge in [-0.2, -0.15) is 0 Å². The van der Waals surface area contributed by atoms with E-state index in [1.54, 1.807) is 26.2 Å². The second-order valence-corrected chi connectivity index (χ2v) is 5.06. The molecule has 2 N–H and O–H groups in total. The minimum atomic E-state index is -0.173. The van der Waals surface area contributed by atoms with E-state index in [0.717, 1.165) is 25.7 Å². The lowest BCUT2D eigenvalue weighted by atomic mass is 9.93. The molecule has 1 heterocycles. The topological polar surface area (TPSA) is 81.3 Å². The SMILES string of the molecule is CN(C)C(=O)c1ccc(OC2CCCCC2N)nn1. The molecule has 0 aromatic carbocycles. The minimum absolute atomic E-state index is 0.00143.